The second-order valence-corrected chi connectivity index (χ2v) is 4.14. The minimum absolute atomic E-state index is 0.138. The molecule has 1 aromatic rings. The van der Waals surface area contributed by atoms with Crippen LogP contribution in [0.4, 0.5) is 0 Å². The highest BCUT2D eigenvalue weighted by Gasteiger charge is 2.09. The number of hydrogen-bond acceptors (Lipinski definition) is 3. The Bertz CT molecular complexity index is 366. The number of nitrogens with two attached hydrogens (primary N) is 2. The Kier molecular flexibility index (Phi) is 4.11. The number of rotatable bonds is 4. The van der Waals surface area contributed by atoms with E-state index in [2.05, 4.69) is 15.9 Å². The second-order valence-electron chi connectivity index (χ2n) is 3.23. The van der Waals surface area contributed by atoms with Crippen molar-refractivity contribution in [3.63, 3.8) is 0 Å². The van der Waals surface area contributed by atoms with Crippen LogP contribution in [0.2, 0.25) is 0 Å². The Morgan fingerprint density at radius 3 is 2.80 bits per heavy atom. The van der Waals surface area contributed by atoms with E-state index in [1.165, 1.54) is 0 Å². The smallest absolute Gasteiger partial charge is 0.255 e. The van der Waals surface area contributed by atoms with Gasteiger partial charge in [-0.05, 0) is 25.1 Å². The molecule has 1 atom stereocenters. The van der Waals surface area contributed by atoms with Crippen LogP contribution in [0.5, 0.6) is 5.75 Å². The van der Waals surface area contributed by atoms with E-state index in [1.54, 1.807) is 6.07 Å². The Morgan fingerprint density at radius 2 is 2.27 bits per heavy atom. The van der Waals surface area contributed by atoms with Crippen molar-refractivity contribution in [3.8, 4) is 5.75 Å². The van der Waals surface area contributed by atoms with E-state index in [0.717, 1.165) is 10.0 Å². The first kappa shape index (κ1) is 12.0. The number of hydrogen-bond donors (Lipinski definition) is 2. The largest absolute Gasteiger partial charge is 0.483 e. The predicted molar refractivity (Wildman–Crippen MR) is 61.4 cm³/mol. The average molecular weight is 273 g/mol. The first-order valence-corrected chi connectivity index (χ1v) is 5.26. The minimum atomic E-state index is -0.506. The molecule has 4 nitrogen and oxygen atoms in total. The summed E-state index contributed by atoms with van der Waals surface area (Å²) < 4.78 is 6.16. The highest BCUT2D eigenvalue weighted by atomic mass is 79.9. The Labute approximate surface area is 96.7 Å². The molecule has 0 aromatic heterocycles. The van der Waals surface area contributed by atoms with Crippen LogP contribution in [0, 0.1) is 0 Å². The van der Waals surface area contributed by atoms with Crippen LogP contribution in [0.25, 0.3) is 0 Å². The number of primary amides is 1. The molecule has 15 heavy (non-hydrogen) atoms. The van der Waals surface area contributed by atoms with Crippen molar-refractivity contribution in [2.75, 3.05) is 6.61 Å². The third-order valence-corrected chi connectivity index (χ3v) is 2.33. The molecule has 0 aliphatic heterocycles. The molecule has 0 saturated carbocycles. The van der Waals surface area contributed by atoms with E-state index in [9.17, 15) is 4.79 Å². The van der Waals surface area contributed by atoms with Gasteiger partial charge in [-0.15, -0.1) is 0 Å². The van der Waals surface area contributed by atoms with Gasteiger partial charge < -0.3 is 16.2 Å². The summed E-state index contributed by atoms with van der Waals surface area (Å²) in [4.78, 5) is 10.6. The van der Waals surface area contributed by atoms with E-state index in [-0.39, 0.29) is 12.6 Å². The molecular formula is C10H13BrN2O2. The zero-order valence-electron chi connectivity index (χ0n) is 8.37. The fourth-order valence-electron chi connectivity index (χ4n) is 1.16. The summed E-state index contributed by atoms with van der Waals surface area (Å²) in [7, 11) is 0. The fraction of sp³-hybridized carbons (Fsp3) is 0.300. The molecule has 0 radical (unpaired) electrons. The van der Waals surface area contributed by atoms with Crippen LogP contribution in [-0.2, 0) is 4.79 Å². The van der Waals surface area contributed by atoms with Gasteiger partial charge in [-0.3, -0.25) is 4.79 Å². The third-order valence-electron chi connectivity index (χ3n) is 1.83. The fourth-order valence-corrected chi connectivity index (χ4v) is 1.53. The first-order chi connectivity index (χ1) is 7.00. The standard InChI is InChI=1S/C10H13BrN2O2/c1-6(12)8-4-7(11)2-3-9(8)15-5-10(13)14/h2-4,6H,5,12H2,1H3,(H2,13,14)/t6-/m1/s1. The average Bonchev–Trinajstić information content (AvgIpc) is 2.15. The van der Waals surface area contributed by atoms with E-state index < -0.39 is 5.91 Å². The molecule has 0 aliphatic rings. The highest BCUT2D eigenvalue weighted by molar-refractivity contribution is 9.10. The molecule has 0 spiro atoms. The predicted octanol–water partition coefficient (Wildman–Crippen LogP) is 1.33. The van der Waals surface area contributed by atoms with Crippen molar-refractivity contribution in [2.24, 2.45) is 11.5 Å². The molecule has 0 bridgehead atoms. The van der Waals surface area contributed by atoms with E-state index in [4.69, 9.17) is 16.2 Å². The third kappa shape index (κ3) is 3.53. The molecular weight excluding hydrogens is 260 g/mol. The topological polar surface area (TPSA) is 78.3 Å². The number of ether oxygens (including phenoxy) is 1. The van der Waals surface area contributed by atoms with Gasteiger partial charge in [0.05, 0.1) is 0 Å². The summed E-state index contributed by atoms with van der Waals surface area (Å²) in [6.07, 6.45) is 0. The van der Waals surface area contributed by atoms with Crippen molar-refractivity contribution in [3.05, 3.63) is 28.2 Å². The van der Waals surface area contributed by atoms with Crippen LogP contribution < -0.4 is 16.2 Å². The normalized spacial score (nSPS) is 12.2. The maximum Gasteiger partial charge on any atom is 0.255 e. The zero-order valence-corrected chi connectivity index (χ0v) is 9.95. The molecule has 1 aromatic carbocycles. The Balaban J connectivity index is 2.90. The molecule has 1 rings (SSSR count). The lowest BCUT2D eigenvalue weighted by atomic mass is 10.1. The molecule has 0 unspecified atom stereocenters. The number of amides is 1. The van der Waals surface area contributed by atoms with E-state index >= 15 is 0 Å². The summed E-state index contributed by atoms with van der Waals surface area (Å²) in [5, 5.41) is 0. The molecule has 82 valence electrons. The monoisotopic (exact) mass is 272 g/mol. The molecule has 1 amide bonds. The molecule has 0 saturated heterocycles. The summed E-state index contributed by atoms with van der Waals surface area (Å²) >= 11 is 3.34. The summed E-state index contributed by atoms with van der Waals surface area (Å²) in [5.74, 6) is 0.0838. The summed E-state index contributed by atoms with van der Waals surface area (Å²) in [5.41, 5.74) is 11.6. The van der Waals surface area contributed by atoms with Gasteiger partial charge >= 0.3 is 0 Å². The summed E-state index contributed by atoms with van der Waals surface area (Å²) in [6.45, 7) is 1.71. The maximum absolute atomic E-state index is 10.6. The molecule has 4 N–H and O–H groups in total. The lowest BCUT2D eigenvalue weighted by Gasteiger charge is -2.13. The van der Waals surface area contributed by atoms with Crippen molar-refractivity contribution in [1.82, 2.24) is 0 Å². The van der Waals surface area contributed by atoms with Gasteiger partial charge in [0.1, 0.15) is 5.75 Å². The SMILES string of the molecule is C[C@@H](N)c1cc(Br)ccc1OCC(N)=O. The van der Waals surface area contributed by atoms with Gasteiger partial charge in [0.2, 0.25) is 0 Å². The van der Waals surface area contributed by atoms with Crippen molar-refractivity contribution >= 4 is 21.8 Å². The van der Waals surface area contributed by atoms with Crippen molar-refractivity contribution < 1.29 is 9.53 Å². The molecule has 0 fully saturated rings. The molecule has 0 heterocycles. The molecule has 5 heteroatoms. The van der Waals surface area contributed by atoms with Crippen molar-refractivity contribution in [1.29, 1.82) is 0 Å². The molecule has 0 aliphatic carbocycles. The van der Waals surface area contributed by atoms with Crippen molar-refractivity contribution in [2.45, 2.75) is 13.0 Å². The van der Waals surface area contributed by atoms with Gasteiger partial charge in [-0.1, -0.05) is 15.9 Å². The Morgan fingerprint density at radius 1 is 1.60 bits per heavy atom. The number of carbonyl (C=O) groups excluding carboxylic acids is 1. The minimum Gasteiger partial charge on any atom is -0.483 e. The Hall–Kier alpha value is -1.07. The lowest BCUT2D eigenvalue weighted by molar-refractivity contribution is -0.119. The zero-order chi connectivity index (χ0) is 11.4. The highest BCUT2D eigenvalue weighted by Crippen LogP contribution is 2.27. The lowest BCUT2D eigenvalue weighted by Crippen LogP contribution is -2.21. The van der Waals surface area contributed by atoms with Gasteiger partial charge in [-0.25, -0.2) is 0 Å². The van der Waals surface area contributed by atoms with E-state index in [1.807, 2.05) is 19.1 Å². The van der Waals surface area contributed by atoms with Crippen LogP contribution in [0.15, 0.2) is 22.7 Å². The van der Waals surface area contributed by atoms with Crippen LogP contribution >= 0.6 is 15.9 Å². The summed E-state index contributed by atoms with van der Waals surface area (Å²) in [6, 6.07) is 5.28. The van der Waals surface area contributed by atoms with Gasteiger partial charge in [-0.2, -0.15) is 0 Å². The van der Waals surface area contributed by atoms with E-state index in [0.29, 0.717) is 5.75 Å². The number of benzene rings is 1. The number of halogens is 1. The maximum atomic E-state index is 10.6. The quantitative estimate of drug-likeness (QED) is 0.868. The van der Waals surface area contributed by atoms with Gasteiger partial charge in [0, 0.05) is 16.1 Å². The second kappa shape index (κ2) is 5.14. The van der Waals surface area contributed by atoms with Crippen LogP contribution in [0.3, 0.4) is 0 Å². The van der Waals surface area contributed by atoms with Crippen LogP contribution in [0.1, 0.15) is 18.5 Å². The van der Waals surface area contributed by atoms with Crippen LogP contribution in [-0.4, -0.2) is 12.5 Å². The first-order valence-electron chi connectivity index (χ1n) is 4.47. The van der Waals surface area contributed by atoms with Gasteiger partial charge in [0.25, 0.3) is 5.91 Å². The van der Waals surface area contributed by atoms with Gasteiger partial charge in [0.15, 0.2) is 6.61 Å². The number of carbonyl (C=O) groups is 1.